The molecule has 0 aliphatic carbocycles. The first-order valence-electron chi connectivity index (χ1n) is 3.75. The second-order valence-corrected chi connectivity index (χ2v) is 2.29. The van der Waals surface area contributed by atoms with Gasteiger partial charge in [-0.1, -0.05) is 0 Å². The first-order valence-corrected chi connectivity index (χ1v) is 3.75. The summed E-state index contributed by atoms with van der Waals surface area (Å²) in [6.07, 6.45) is 1.52. The van der Waals surface area contributed by atoms with Gasteiger partial charge in [-0.05, 0) is 6.07 Å². The maximum absolute atomic E-state index is 10.9. The van der Waals surface area contributed by atoms with Crippen molar-refractivity contribution in [2.75, 3.05) is 19.5 Å². The van der Waals surface area contributed by atoms with Crippen LogP contribution in [0.3, 0.4) is 0 Å². The predicted octanol–water partition coefficient (Wildman–Crippen LogP) is 0.841. The summed E-state index contributed by atoms with van der Waals surface area (Å²) in [4.78, 5) is 14.8. The van der Waals surface area contributed by atoms with Crippen LogP contribution in [0.15, 0.2) is 18.3 Å². The van der Waals surface area contributed by atoms with E-state index in [2.05, 4.69) is 15.6 Å². The lowest BCUT2D eigenvalue weighted by Gasteiger charge is -2.03. The molecular weight excluding hydrogens is 170 g/mol. The van der Waals surface area contributed by atoms with Gasteiger partial charge in [-0.2, -0.15) is 0 Å². The Hall–Kier alpha value is -1.78. The third kappa shape index (κ3) is 2.62. The van der Waals surface area contributed by atoms with Crippen molar-refractivity contribution in [3.05, 3.63) is 18.3 Å². The molecule has 0 saturated heterocycles. The lowest BCUT2D eigenvalue weighted by molar-refractivity contribution is 0.254. The Bertz CT molecular complexity index is 284. The maximum Gasteiger partial charge on any atom is 0.319 e. The highest BCUT2D eigenvalue weighted by atomic mass is 16.5. The molecule has 0 aromatic carbocycles. The van der Waals surface area contributed by atoms with Gasteiger partial charge in [-0.15, -0.1) is 0 Å². The van der Waals surface area contributed by atoms with Crippen molar-refractivity contribution in [1.29, 1.82) is 0 Å². The van der Waals surface area contributed by atoms with Crippen molar-refractivity contribution in [3.8, 4) is 5.88 Å². The molecule has 0 aliphatic heterocycles. The number of aromatic nitrogens is 1. The molecule has 0 saturated carbocycles. The molecule has 0 atom stereocenters. The summed E-state index contributed by atoms with van der Waals surface area (Å²) >= 11 is 0. The fourth-order valence-electron chi connectivity index (χ4n) is 0.769. The average Bonchev–Trinajstić information content (AvgIpc) is 2.19. The number of hydrogen-bond acceptors (Lipinski definition) is 3. The molecule has 1 rings (SSSR count). The van der Waals surface area contributed by atoms with E-state index >= 15 is 0 Å². The Morgan fingerprint density at radius 2 is 2.31 bits per heavy atom. The maximum atomic E-state index is 10.9. The Kier molecular flexibility index (Phi) is 3.08. The Morgan fingerprint density at radius 3 is 2.77 bits per heavy atom. The van der Waals surface area contributed by atoms with Gasteiger partial charge >= 0.3 is 6.03 Å². The van der Waals surface area contributed by atoms with Gasteiger partial charge in [-0.25, -0.2) is 9.78 Å². The first-order chi connectivity index (χ1) is 6.26. The molecule has 1 aromatic heterocycles. The number of anilines is 1. The largest absolute Gasteiger partial charge is 0.481 e. The van der Waals surface area contributed by atoms with Crippen LogP contribution in [0.1, 0.15) is 0 Å². The van der Waals surface area contributed by atoms with Crippen molar-refractivity contribution in [3.63, 3.8) is 0 Å². The second kappa shape index (κ2) is 4.30. The minimum Gasteiger partial charge on any atom is -0.481 e. The number of urea groups is 1. The van der Waals surface area contributed by atoms with Crippen molar-refractivity contribution >= 4 is 11.7 Å². The molecule has 0 radical (unpaired) electrons. The Morgan fingerprint density at radius 1 is 1.54 bits per heavy atom. The van der Waals surface area contributed by atoms with Crippen LogP contribution in [0.2, 0.25) is 0 Å². The highest BCUT2D eigenvalue weighted by Gasteiger charge is 1.98. The molecule has 5 nitrogen and oxygen atoms in total. The summed E-state index contributed by atoms with van der Waals surface area (Å²) in [5.74, 6) is 0.516. The Labute approximate surface area is 76.1 Å². The van der Waals surface area contributed by atoms with Gasteiger partial charge in [0.15, 0.2) is 0 Å². The molecule has 0 spiro atoms. The monoisotopic (exact) mass is 181 g/mol. The lowest BCUT2D eigenvalue weighted by atomic mass is 10.4. The molecule has 0 aliphatic rings. The molecule has 1 aromatic rings. The number of nitrogens with zero attached hydrogens (tertiary/aromatic N) is 1. The van der Waals surface area contributed by atoms with Crippen LogP contribution in [0.25, 0.3) is 0 Å². The summed E-state index contributed by atoms with van der Waals surface area (Å²) in [7, 11) is 3.08. The molecule has 0 unspecified atom stereocenters. The van der Waals surface area contributed by atoms with Crippen LogP contribution in [0.5, 0.6) is 5.88 Å². The van der Waals surface area contributed by atoms with Crippen LogP contribution in [-0.2, 0) is 0 Å². The number of carbonyl (C=O) groups is 1. The molecular formula is C8H11N3O2. The quantitative estimate of drug-likeness (QED) is 0.710. The normalized spacial score (nSPS) is 9.08. The average molecular weight is 181 g/mol. The summed E-state index contributed by atoms with van der Waals surface area (Å²) in [6.45, 7) is 0. The summed E-state index contributed by atoms with van der Waals surface area (Å²) in [6, 6.07) is 3.11. The number of amides is 2. The smallest absolute Gasteiger partial charge is 0.319 e. The number of pyridine rings is 1. The zero-order valence-corrected chi connectivity index (χ0v) is 7.50. The molecule has 0 bridgehead atoms. The number of nitrogens with one attached hydrogen (secondary N) is 2. The fraction of sp³-hybridized carbons (Fsp3) is 0.250. The molecule has 13 heavy (non-hydrogen) atoms. The first kappa shape index (κ1) is 9.31. The Balaban J connectivity index is 2.64. The number of hydrogen-bond donors (Lipinski definition) is 2. The predicted molar refractivity (Wildman–Crippen MR) is 48.9 cm³/mol. The van der Waals surface area contributed by atoms with Crippen LogP contribution in [-0.4, -0.2) is 25.2 Å². The molecule has 0 fully saturated rings. The van der Waals surface area contributed by atoms with E-state index in [0.717, 1.165) is 0 Å². The third-order valence-electron chi connectivity index (χ3n) is 1.43. The van der Waals surface area contributed by atoms with E-state index < -0.39 is 0 Å². The van der Waals surface area contributed by atoms with Gasteiger partial charge in [-0.3, -0.25) is 0 Å². The van der Waals surface area contributed by atoms with Gasteiger partial charge in [0.05, 0.1) is 19.0 Å². The minimum absolute atomic E-state index is 0.271. The molecule has 1 heterocycles. The van der Waals surface area contributed by atoms with Crippen molar-refractivity contribution < 1.29 is 9.53 Å². The SMILES string of the molecule is CNC(=O)Nc1ccc(OC)nc1. The van der Waals surface area contributed by atoms with E-state index in [9.17, 15) is 4.79 Å². The van der Waals surface area contributed by atoms with E-state index in [1.54, 1.807) is 19.2 Å². The fourth-order valence-corrected chi connectivity index (χ4v) is 0.769. The molecule has 2 amide bonds. The minimum atomic E-state index is -0.271. The topological polar surface area (TPSA) is 63.2 Å². The van der Waals surface area contributed by atoms with E-state index in [4.69, 9.17) is 4.74 Å². The lowest BCUT2D eigenvalue weighted by Crippen LogP contribution is -2.24. The molecule has 70 valence electrons. The van der Waals surface area contributed by atoms with Gasteiger partial charge in [0.1, 0.15) is 0 Å². The zero-order chi connectivity index (χ0) is 9.68. The van der Waals surface area contributed by atoms with E-state index in [1.807, 2.05) is 0 Å². The zero-order valence-electron chi connectivity index (χ0n) is 7.50. The molecule has 2 N–H and O–H groups in total. The van der Waals surface area contributed by atoms with Gasteiger partial charge in [0.2, 0.25) is 5.88 Å². The number of methoxy groups -OCH3 is 1. The van der Waals surface area contributed by atoms with Crippen LogP contribution >= 0.6 is 0 Å². The van der Waals surface area contributed by atoms with Crippen molar-refractivity contribution in [2.24, 2.45) is 0 Å². The van der Waals surface area contributed by atoms with Crippen LogP contribution in [0.4, 0.5) is 10.5 Å². The summed E-state index contributed by atoms with van der Waals surface area (Å²) in [5, 5.41) is 5.01. The third-order valence-corrected chi connectivity index (χ3v) is 1.43. The van der Waals surface area contributed by atoms with Crippen molar-refractivity contribution in [2.45, 2.75) is 0 Å². The number of carbonyl (C=O) groups excluding carboxylic acids is 1. The highest BCUT2D eigenvalue weighted by Crippen LogP contribution is 2.10. The van der Waals surface area contributed by atoms with Gasteiger partial charge < -0.3 is 15.4 Å². The van der Waals surface area contributed by atoms with E-state index in [-0.39, 0.29) is 6.03 Å². The highest BCUT2D eigenvalue weighted by molar-refractivity contribution is 5.88. The van der Waals surface area contributed by atoms with Crippen molar-refractivity contribution in [1.82, 2.24) is 10.3 Å². The number of ether oxygens (including phenoxy) is 1. The number of rotatable bonds is 2. The summed E-state index contributed by atoms with van der Waals surface area (Å²) < 4.78 is 4.86. The van der Waals surface area contributed by atoms with E-state index in [0.29, 0.717) is 11.6 Å². The summed E-state index contributed by atoms with van der Waals surface area (Å²) in [5.41, 5.74) is 0.625. The van der Waals surface area contributed by atoms with Gasteiger partial charge in [0, 0.05) is 13.1 Å². The standard InChI is InChI=1S/C8H11N3O2/c1-9-8(12)11-6-3-4-7(13-2)10-5-6/h3-5H,1-2H3,(H2,9,11,12). The molecule has 5 heteroatoms. The van der Waals surface area contributed by atoms with Gasteiger partial charge in [0.25, 0.3) is 0 Å². The second-order valence-electron chi connectivity index (χ2n) is 2.29. The van der Waals surface area contributed by atoms with Crippen LogP contribution < -0.4 is 15.4 Å². The van der Waals surface area contributed by atoms with E-state index in [1.165, 1.54) is 13.3 Å². The van der Waals surface area contributed by atoms with Crippen LogP contribution in [0, 0.1) is 0 Å².